The first-order valence-electron chi connectivity index (χ1n) is 8.36. The van der Waals surface area contributed by atoms with Crippen LogP contribution >= 0.6 is 0 Å². The van der Waals surface area contributed by atoms with Crippen LogP contribution in [0.25, 0.3) is 0 Å². The van der Waals surface area contributed by atoms with Crippen molar-refractivity contribution in [2.45, 2.75) is 51.9 Å². The highest BCUT2D eigenvalue weighted by Gasteiger charge is 2.51. The molecule has 0 aliphatic carbocycles. The fourth-order valence-electron chi connectivity index (χ4n) is 3.35. The maximum atomic E-state index is 12.5. The van der Waals surface area contributed by atoms with Gasteiger partial charge in [0, 0.05) is 18.1 Å². The standard InChI is InChI=1S/C19H22O6/c1-9(2)17(21)24-14-8-19(5)15(20)7-12(25-19)10(3)6-13-16(14)11(4)18(22)23-13/h6-7,9,13-14,16H,4,8H2,1-3,5H3. The molecule has 1 fully saturated rings. The Morgan fingerprint density at radius 1 is 1.40 bits per heavy atom. The number of fused-ring (bicyclic) bond motifs is 3. The van der Waals surface area contributed by atoms with Crippen molar-refractivity contribution in [3.05, 3.63) is 35.6 Å². The van der Waals surface area contributed by atoms with Crippen LogP contribution in [0.4, 0.5) is 0 Å². The van der Waals surface area contributed by atoms with Crippen LogP contribution in [-0.2, 0) is 28.6 Å². The summed E-state index contributed by atoms with van der Waals surface area (Å²) >= 11 is 0. The number of allylic oxidation sites excluding steroid dienone is 1. The predicted molar refractivity (Wildman–Crippen MR) is 88.2 cm³/mol. The number of esters is 2. The molecule has 3 aliphatic rings. The van der Waals surface area contributed by atoms with E-state index in [9.17, 15) is 14.4 Å². The zero-order valence-electron chi connectivity index (χ0n) is 14.8. The molecule has 134 valence electrons. The Morgan fingerprint density at radius 2 is 2.08 bits per heavy atom. The van der Waals surface area contributed by atoms with Crippen LogP contribution in [0.1, 0.15) is 34.1 Å². The first kappa shape index (κ1) is 17.5. The zero-order valence-corrected chi connectivity index (χ0v) is 14.8. The lowest BCUT2D eigenvalue weighted by molar-refractivity contribution is -0.161. The molecule has 3 heterocycles. The normalized spacial score (nSPS) is 34.3. The average molecular weight is 346 g/mol. The molecule has 6 heteroatoms. The SMILES string of the molecule is C=C1C(=O)OC2C=C(C)C3=CC(=O)C(C)(CC(OC(=O)C(C)C)C12)O3. The van der Waals surface area contributed by atoms with Crippen LogP contribution < -0.4 is 0 Å². The van der Waals surface area contributed by atoms with Gasteiger partial charge in [0.05, 0.1) is 11.8 Å². The van der Waals surface area contributed by atoms with Crippen molar-refractivity contribution in [1.29, 1.82) is 0 Å². The molecule has 0 saturated carbocycles. The van der Waals surface area contributed by atoms with Crippen molar-refractivity contribution in [2.75, 3.05) is 0 Å². The van der Waals surface area contributed by atoms with Gasteiger partial charge in [-0.15, -0.1) is 0 Å². The Balaban J connectivity index is 2.05. The van der Waals surface area contributed by atoms with Crippen molar-refractivity contribution in [3.63, 3.8) is 0 Å². The third kappa shape index (κ3) is 2.90. The van der Waals surface area contributed by atoms with Gasteiger partial charge in [-0.2, -0.15) is 0 Å². The van der Waals surface area contributed by atoms with Gasteiger partial charge in [-0.05, 0) is 25.5 Å². The molecule has 0 aromatic heterocycles. The molecule has 25 heavy (non-hydrogen) atoms. The highest BCUT2D eigenvalue weighted by atomic mass is 16.6. The number of ketones is 1. The van der Waals surface area contributed by atoms with Crippen LogP contribution in [-0.4, -0.2) is 35.5 Å². The second-order valence-corrected chi connectivity index (χ2v) is 7.31. The minimum Gasteiger partial charge on any atom is -0.479 e. The molecular formula is C19H22O6. The summed E-state index contributed by atoms with van der Waals surface area (Å²) in [5, 5.41) is 0. The van der Waals surface area contributed by atoms with E-state index in [-0.39, 0.29) is 23.7 Å². The Hall–Kier alpha value is -2.37. The predicted octanol–water partition coefficient (Wildman–Crippen LogP) is 2.24. The van der Waals surface area contributed by atoms with Gasteiger partial charge in [-0.25, -0.2) is 4.79 Å². The Labute approximate surface area is 146 Å². The summed E-state index contributed by atoms with van der Waals surface area (Å²) in [6.07, 6.45) is 1.95. The maximum absolute atomic E-state index is 12.5. The number of rotatable bonds is 2. The number of carbonyl (C=O) groups is 3. The summed E-state index contributed by atoms with van der Waals surface area (Å²) in [6.45, 7) is 10.7. The van der Waals surface area contributed by atoms with Crippen LogP contribution in [0, 0.1) is 11.8 Å². The molecular weight excluding hydrogens is 324 g/mol. The molecule has 0 spiro atoms. The molecule has 0 amide bonds. The van der Waals surface area contributed by atoms with E-state index in [2.05, 4.69) is 6.58 Å². The lowest BCUT2D eigenvalue weighted by Crippen LogP contribution is -2.43. The van der Waals surface area contributed by atoms with Gasteiger partial charge in [0.25, 0.3) is 0 Å². The van der Waals surface area contributed by atoms with Gasteiger partial charge >= 0.3 is 11.9 Å². The van der Waals surface area contributed by atoms with Crippen LogP contribution in [0.2, 0.25) is 0 Å². The van der Waals surface area contributed by atoms with Crippen molar-refractivity contribution >= 4 is 17.7 Å². The minimum absolute atomic E-state index is 0.127. The van der Waals surface area contributed by atoms with Crippen molar-refractivity contribution in [3.8, 4) is 0 Å². The third-order valence-electron chi connectivity index (χ3n) is 4.91. The topological polar surface area (TPSA) is 78.9 Å². The Bertz CT molecular complexity index is 728. The molecule has 3 rings (SSSR count). The molecule has 0 N–H and O–H groups in total. The van der Waals surface area contributed by atoms with Crippen LogP contribution in [0.5, 0.6) is 0 Å². The van der Waals surface area contributed by atoms with Gasteiger partial charge in [0.2, 0.25) is 5.78 Å². The van der Waals surface area contributed by atoms with Crippen LogP contribution in [0.3, 0.4) is 0 Å². The molecule has 0 aromatic carbocycles. The summed E-state index contributed by atoms with van der Waals surface area (Å²) in [5.41, 5.74) is -0.198. The monoisotopic (exact) mass is 346 g/mol. The van der Waals surface area contributed by atoms with Crippen molar-refractivity contribution in [2.24, 2.45) is 11.8 Å². The van der Waals surface area contributed by atoms with Crippen molar-refractivity contribution < 1.29 is 28.6 Å². The highest BCUT2D eigenvalue weighted by molar-refractivity contribution is 6.00. The van der Waals surface area contributed by atoms with Gasteiger partial charge < -0.3 is 14.2 Å². The van der Waals surface area contributed by atoms with Crippen molar-refractivity contribution in [1.82, 2.24) is 0 Å². The van der Waals surface area contributed by atoms with E-state index in [1.165, 1.54) is 6.08 Å². The lowest BCUT2D eigenvalue weighted by atomic mass is 9.82. The number of carbonyl (C=O) groups excluding carboxylic acids is 3. The fourth-order valence-corrected chi connectivity index (χ4v) is 3.35. The maximum Gasteiger partial charge on any atom is 0.334 e. The third-order valence-corrected chi connectivity index (χ3v) is 4.91. The lowest BCUT2D eigenvalue weighted by Gasteiger charge is -2.31. The molecule has 1 saturated heterocycles. The van der Waals surface area contributed by atoms with E-state index in [4.69, 9.17) is 14.2 Å². The molecule has 3 aliphatic heterocycles. The molecule has 4 atom stereocenters. The summed E-state index contributed by atoms with van der Waals surface area (Å²) in [7, 11) is 0. The number of ether oxygens (including phenoxy) is 3. The molecule has 6 nitrogen and oxygen atoms in total. The minimum atomic E-state index is -1.15. The van der Waals surface area contributed by atoms with Gasteiger partial charge in [-0.1, -0.05) is 20.4 Å². The molecule has 4 unspecified atom stereocenters. The first-order valence-corrected chi connectivity index (χ1v) is 8.36. The van der Waals surface area contributed by atoms with Gasteiger partial charge in [0.15, 0.2) is 5.60 Å². The first-order chi connectivity index (χ1) is 11.6. The molecule has 0 radical (unpaired) electrons. The van der Waals surface area contributed by atoms with Gasteiger partial charge in [-0.3, -0.25) is 9.59 Å². The molecule has 0 aromatic rings. The Kier molecular flexibility index (Phi) is 4.09. The van der Waals surface area contributed by atoms with E-state index >= 15 is 0 Å². The van der Waals surface area contributed by atoms with E-state index in [1.54, 1.807) is 33.8 Å². The number of hydrogen-bond acceptors (Lipinski definition) is 6. The van der Waals surface area contributed by atoms with Gasteiger partial charge in [0.1, 0.15) is 18.0 Å². The van der Waals surface area contributed by atoms with Crippen LogP contribution in [0.15, 0.2) is 35.6 Å². The highest BCUT2D eigenvalue weighted by Crippen LogP contribution is 2.42. The summed E-state index contributed by atoms with van der Waals surface area (Å²) in [6, 6.07) is 0. The number of hydrogen-bond donors (Lipinski definition) is 0. The summed E-state index contributed by atoms with van der Waals surface area (Å²) < 4.78 is 16.9. The molecule has 2 bridgehead atoms. The largest absolute Gasteiger partial charge is 0.479 e. The van der Waals surface area contributed by atoms with E-state index in [0.717, 1.165) is 0 Å². The summed E-state index contributed by atoms with van der Waals surface area (Å²) in [4.78, 5) is 36.7. The second-order valence-electron chi connectivity index (χ2n) is 7.31. The quantitative estimate of drug-likeness (QED) is 0.564. The van der Waals surface area contributed by atoms with E-state index in [0.29, 0.717) is 11.3 Å². The van der Waals surface area contributed by atoms with E-state index < -0.39 is 35.7 Å². The Morgan fingerprint density at radius 3 is 2.72 bits per heavy atom. The average Bonchev–Trinajstić information content (AvgIpc) is 2.96. The van der Waals surface area contributed by atoms with E-state index in [1.807, 2.05) is 0 Å². The fraction of sp³-hybridized carbons (Fsp3) is 0.526. The zero-order chi connectivity index (χ0) is 18.5. The second kappa shape index (κ2) is 5.86. The summed E-state index contributed by atoms with van der Waals surface area (Å²) in [5.74, 6) is -1.53. The smallest absolute Gasteiger partial charge is 0.334 e.